The number of rotatable bonds is 4. The quantitative estimate of drug-likeness (QED) is 0.768. The van der Waals surface area contributed by atoms with Crippen LogP contribution in [-0.4, -0.2) is 18.1 Å². The Morgan fingerprint density at radius 3 is 1.96 bits per heavy atom. The average molecular weight is 322 g/mol. The van der Waals surface area contributed by atoms with Crippen molar-refractivity contribution in [1.29, 1.82) is 1.43 Å². The molecule has 0 aliphatic carbocycles. The lowest BCUT2D eigenvalue weighted by Gasteiger charge is -2.20. The van der Waals surface area contributed by atoms with Crippen molar-refractivity contribution in [1.82, 2.24) is 0 Å². The zero-order valence-electron chi connectivity index (χ0n) is 16.8. The second kappa shape index (κ2) is 8.28. The summed E-state index contributed by atoms with van der Waals surface area (Å²) in [5, 5.41) is 4.39. The number of hydrogen-bond acceptors (Lipinski definition) is 3. The summed E-state index contributed by atoms with van der Waals surface area (Å²) < 4.78 is 6.83. The van der Waals surface area contributed by atoms with E-state index >= 15 is 0 Å². The highest BCUT2D eigenvalue weighted by Crippen LogP contribution is 2.26. The van der Waals surface area contributed by atoms with E-state index in [1.807, 2.05) is 55.4 Å². The molecule has 0 heterocycles. The summed E-state index contributed by atoms with van der Waals surface area (Å²) in [6.45, 7) is 15.5. The SMILES string of the molecule is CCC(C)C(=O)C(C)(C)C.[3H]Oc1ccccc1C(=O)C(C)(C)C. The Morgan fingerprint density at radius 1 is 1.09 bits per heavy atom. The Balaban J connectivity index is 0.000000470. The number of Topliss-reactive ketones (excluding diaryl/α,β-unsaturated/α-hetero) is 2. The molecular weight excluding hydrogens is 288 g/mol. The monoisotopic (exact) mass is 322 g/mol. The van der Waals surface area contributed by atoms with Crippen molar-refractivity contribution in [3.8, 4) is 5.75 Å². The van der Waals surface area contributed by atoms with Crippen LogP contribution in [0.1, 0.15) is 72.2 Å². The van der Waals surface area contributed by atoms with Crippen LogP contribution in [0.2, 0.25) is 0 Å². The van der Waals surface area contributed by atoms with Crippen LogP contribution in [0.25, 0.3) is 0 Å². The first-order chi connectivity index (χ1) is 10.9. The van der Waals surface area contributed by atoms with Crippen LogP contribution in [0, 0.1) is 16.7 Å². The van der Waals surface area contributed by atoms with Gasteiger partial charge in [-0.3, -0.25) is 9.59 Å². The van der Waals surface area contributed by atoms with E-state index in [2.05, 4.69) is 5.11 Å². The van der Waals surface area contributed by atoms with Gasteiger partial charge in [-0.05, 0) is 18.6 Å². The van der Waals surface area contributed by atoms with E-state index in [9.17, 15) is 9.59 Å². The summed E-state index contributed by atoms with van der Waals surface area (Å²) in [7, 11) is 0. The van der Waals surface area contributed by atoms with Gasteiger partial charge in [0.25, 0.3) is 1.43 Å². The van der Waals surface area contributed by atoms with Crippen molar-refractivity contribution in [3.63, 3.8) is 0 Å². The standard InChI is InChI=1S/C11H14O2.C9H18O/c1-11(2,3)10(13)8-6-4-5-7-9(8)12;1-6-7(2)8(10)9(3,4)5/h4-7,12H,1-3H3;7H,6H2,1-5H3/i/hT. The highest BCUT2D eigenvalue weighted by atomic mass is 16.3. The number of aromatic hydroxyl groups is 1. The van der Waals surface area contributed by atoms with Crippen LogP contribution in [0.3, 0.4) is 0 Å². The van der Waals surface area contributed by atoms with Crippen molar-refractivity contribution >= 4 is 11.6 Å². The van der Waals surface area contributed by atoms with Gasteiger partial charge < -0.3 is 5.11 Å². The maximum atomic E-state index is 11.9. The predicted molar refractivity (Wildman–Crippen MR) is 95.8 cm³/mol. The number of carbonyl (C=O) groups is 2. The van der Waals surface area contributed by atoms with E-state index in [4.69, 9.17) is 1.43 Å². The van der Waals surface area contributed by atoms with Crippen LogP contribution < -0.4 is 0 Å². The van der Waals surface area contributed by atoms with Gasteiger partial charge in [0.1, 0.15) is 11.5 Å². The number of para-hydroxylation sites is 1. The molecule has 1 rings (SSSR count). The fourth-order valence-electron chi connectivity index (χ4n) is 1.98. The first kappa shape index (κ1) is 19.4. The molecule has 1 aromatic carbocycles. The number of phenols is 1. The Bertz CT molecular complexity index is 551. The van der Waals surface area contributed by atoms with Gasteiger partial charge in [0.15, 0.2) is 5.78 Å². The van der Waals surface area contributed by atoms with Crippen LogP contribution in [0.4, 0.5) is 0 Å². The largest absolute Gasteiger partial charge is 0.507 e. The molecule has 23 heavy (non-hydrogen) atoms. The second-order valence-corrected chi connectivity index (χ2v) is 8.00. The van der Waals surface area contributed by atoms with E-state index < -0.39 is 5.41 Å². The fraction of sp³-hybridized carbons (Fsp3) is 0.600. The van der Waals surface area contributed by atoms with Gasteiger partial charge in [0, 0.05) is 16.7 Å². The third-order valence-corrected chi connectivity index (χ3v) is 3.61. The van der Waals surface area contributed by atoms with E-state index in [1.165, 1.54) is 0 Å². The van der Waals surface area contributed by atoms with E-state index in [0.717, 1.165) is 6.42 Å². The number of benzene rings is 1. The molecule has 0 spiro atoms. The van der Waals surface area contributed by atoms with E-state index in [-0.39, 0.29) is 17.1 Å². The molecule has 1 atom stereocenters. The summed E-state index contributed by atoms with van der Waals surface area (Å²) in [5.41, 5.74) is -0.139. The molecule has 0 saturated carbocycles. The normalized spacial score (nSPS) is 13.3. The van der Waals surface area contributed by atoms with Crippen molar-refractivity contribution < 1.29 is 14.7 Å². The van der Waals surface area contributed by atoms with Gasteiger partial charge >= 0.3 is 0 Å². The smallest absolute Gasteiger partial charge is 0.293 e. The van der Waals surface area contributed by atoms with Crippen LogP contribution in [0.5, 0.6) is 5.75 Å². The molecule has 0 amide bonds. The number of phenolic OH excluding ortho intramolecular Hbond substituents is 1. The van der Waals surface area contributed by atoms with Crippen molar-refractivity contribution in [2.75, 3.05) is 0 Å². The van der Waals surface area contributed by atoms with Gasteiger partial charge in [-0.25, -0.2) is 0 Å². The van der Waals surface area contributed by atoms with Crippen molar-refractivity contribution in [2.45, 2.75) is 61.8 Å². The minimum Gasteiger partial charge on any atom is -0.507 e. The van der Waals surface area contributed by atoms with Gasteiger partial charge in [0.05, 0.1) is 5.56 Å². The molecule has 1 N–H and O–H groups in total. The third kappa shape index (κ3) is 6.98. The molecule has 0 aromatic heterocycles. The Hall–Kier alpha value is -1.64. The zero-order chi connectivity index (χ0) is 19.1. The first-order valence-electron chi connectivity index (χ1n) is 8.58. The lowest BCUT2D eigenvalue weighted by molar-refractivity contribution is -0.129. The molecule has 0 radical (unpaired) electrons. The lowest BCUT2D eigenvalue weighted by Crippen LogP contribution is -2.26. The Morgan fingerprint density at radius 2 is 1.61 bits per heavy atom. The molecule has 0 fully saturated rings. The lowest BCUT2D eigenvalue weighted by atomic mass is 9.83. The van der Waals surface area contributed by atoms with Crippen molar-refractivity contribution in [3.05, 3.63) is 29.8 Å². The maximum Gasteiger partial charge on any atom is 0.293 e. The first-order valence-corrected chi connectivity index (χ1v) is 8.17. The molecule has 1 unspecified atom stereocenters. The fourth-order valence-corrected chi connectivity index (χ4v) is 1.98. The van der Waals surface area contributed by atoms with Crippen molar-refractivity contribution in [2.24, 2.45) is 16.7 Å². The Labute approximate surface area is 142 Å². The third-order valence-electron chi connectivity index (χ3n) is 3.61. The topological polar surface area (TPSA) is 54.4 Å². The Kier molecular flexibility index (Phi) is 6.99. The summed E-state index contributed by atoms with van der Waals surface area (Å²) >= 11 is 0. The van der Waals surface area contributed by atoms with Gasteiger partial charge in [-0.15, -0.1) is 0 Å². The molecule has 0 aliphatic heterocycles. The van der Waals surface area contributed by atoms with Gasteiger partial charge in [-0.2, -0.15) is 0 Å². The molecule has 0 aliphatic rings. The summed E-state index contributed by atoms with van der Waals surface area (Å²) in [5.74, 6) is 0.891. The van der Waals surface area contributed by atoms with Crippen LogP contribution in [0.15, 0.2) is 24.3 Å². The molecule has 0 bridgehead atoms. The van der Waals surface area contributed by atoms with Gasteiger partial charge in [0.2, 0.25) is 0 Å². The highest BCUT2D eigenvalue weighted by molar-refractivity contribution is 6.01. The van der Waals surface area contributed by atoms with Crippen LogP contribution in [-0.2, 0) is 4.79 Å². The minimum atomic E-state index is -0.450. The van der Waals surface area contributed by atoms with E-state index in [1.54, 1.807) is 24.3 Å². The highest BCUT2D eigenvalue weighted by Gasteiger charge is 2.25. The second-order valence-electron chi connectivity index (χ2n) is 8.00. The molecule has 3 nitrogen and oxygen atoms in total. The maximum absolute atomic E-state index is 11.9. The predicted octanol–water partition coefficient (Wildman–Crippen LogP) is 5.27. The molecule has 1 aromatic rings. The number of hydrogen-bond donors (Lipinski definition) is 1. The minimum absolute atomic E-state index is 0.0136. The van der Waals surface area contributed by atoms with Crippen LogP contribution >= 0.6 is 0 Å². The summed E-state index contributed by atoms with van der Waals surface area (Å²) in [4.78, 5) is 23.3. The molecule has 130 valence electrons. The number of carbonyl (C=O) groups excluding carboxylic acids is 2. The zero-order valence-corrected chi connectivity index (χ0v) is 15.8. The van der Waals surface area contributed by atoms with Gasteiger partial charge in [-0.1, -0.05) is 67.5 Å². The number of ketones is 2. The summed E-state index contributed by atoms with van der Waals surface area (Å²) in [6, 6.07) is 6.80. The summed E-state index contributed by atoms with van der Waals surface area (Å²) in [6.07, 6.45) is 0.954. The molecule has 0 saturated heterocycles. The average Bonchev–Trinajstić information content (AvgIpc) is 2.51. The van der Waals surface area contributed by atoms with E-state index in [0.29, 0.717) is 17.1 Å². The molecular formula is C20H32O3. The molecule has 3 heteroatoms.